The number of aryl methyl sites for hydroxylation is 2. The molecule has 1 saturated carbocycles. The molecule has 114 valence electrons. The predicted octanol–water partition coefficient (Wildman–Crippen LogP) is 3.52. The number of rotatable bonds is 4. The third kappa shape index (κ3) is 2.90. The van der Waals surface area contributed by atoms with Gasteiger partial charge in [-0.25, -0.2) is 9.97 Å². The minimum absolute atomic E-state index is 0.308. The number of hydrogen-bond donors (Lipinski definition) is 2. The molecule has 2 unspecified atom stereocenters. The second kappa shape index (κ2) is 6.28. The van der Waals surface area contributed by atoms with Gasteiger partial charge in [0.25, 0.3) is 0 Å². The van der Waals surface area contributed by atoms with Crippen molar-refractivity contribution < 1.29 is 5.11 Å². The number of nitrogens with one attached hydrogen (secondary N) is 1. The molecule has 3 rings (SSSR count). The van der Waals surface area contributed by atoms with Gasteiger partial charge in [0.1, 0.15) is 17.0 Å². The normalized spacial score (nSPS) is 22.6. The van der Waals surface area contributed by atoms with E-state index in [1.165, 1.54) is 29.7 Å². The predicted molar refractivity (Wildman–Crippen MR) is 87.9 cm³/mol. The number of nitrogens with zero attached hydrogens (tertiary/aromatic N) is 2. The van der Waals surface area contributed by atoms with E-state index in [0.717, 1.165) is 29.0 Å². The lowest BCUT2D eigenvalue weighted by atomic mass is 9.79. The van der Waals surface area contributed by atoms with Gasteiger partial charge < -0.3 is 10.4 Å². The van der Waals surface area contributed by atoms with Crippen LogP contribution in [0.25, 0.3) is 10.2 Å². The molecule has 0 saturated heterocycles. The maximum atomic E-state index is 9.53. The van der Waals surface area contributed by atoms with Crippen molar-refractivity contribution in [2.75, 3.05) is 18.5 Å². The third-order valence-corrected chi connectivity index (χ3v) is 5.91. The molecule has 0 bridgehead atoms. The fourth-order valence-electron chi connectivity index (χ4n) is 3.34. The lowest BCUT2D eigenvalue weighted by molar-refractivity contribution is 0.141. The molecular formula is C16H23N3OS. The van der Waals surface area contributed by atoms with Gasteiger partial charge in [-0.1, -0.05) is 12.8 Å². The summed E-state index contributed by atoms with van der Waals surface area (Å²) in [5, 5.41) is 14.2. The summed E-state index contributed by atoms with van der Waals surface area (Å²) in [4.78, 5) is 11.2. The second-order valence-corrected chi connectivity index (χ2v) is 7.26. The zero-order valence-corrected chi connectivity index (χ0v) is 13.5. The summed E-state index contributed by atoms with van der Waals surface area (Å²) >= 11 is 1.73. The highest BCUT2D eigenvalue weighted by atomic mass is 32.1. The molecule has 1 fully saturated rings. The Bertz CT molecular complexity index is 625. The van der Waals surface area contributed by atoms with Crippen LogP contribution < -0.4 is 5.32 Å². The van der Waals surface area contributed by atoms with Gasteiger partial charge in [0.05, 0.1) is 5.39 Å². The topological polar surface area (TPSA) is 58.0 Å². The molecule has 2 aromatic rings. The average molecular weight is 305 g/mol. The van der Waals surface area contributed by atoms with E-state index in [0.29, 0.717) is 18.4 Å². The molecule has 2 N–H and O–H groups in total. The van der Waals surface area contributed by atoms with Crippen LogP contribution in [0.2, 0.25) is 0 Å². The zero-order chi connectivity index (χ0) is 14.8. The summed E-state index contributed by atoms with van der Waals surface area (Å²) in [6.07, 6.45) is 6.53. The van der Waals surface area contributed by atoms with E-state index in [-0.39, 0.29) is 0 Å². The molecule has 1 aliphatic rings. The molecule has 4 nitrogen and oxygen atoms in total. The number of fused-ring (bicyclic) bond motifs is 1. The average Bonchev–Trinajstić information content (AvgIpc) is 2.81. The Kier molecular flexibility index (Phi) is 4.40. The molecule has 5 heteroatoms. The van der Waals surface area contributed by atoms with Crippen molar-refractivity contribution in [3.05, 3.63) is 16.8 Å². The highest BCUT2D eigenvalue weighted by Gasteiger charge is 2.24. The van der Waals surface area contributed by atoms with E-state index < -0.39 is 0 Å². The molecule has 2 aromatic heterocycles. The van der Waals surface area contributed by atoms with Gasteiger partial charge in [-0.15, -0.1) is 11.3 Å². The fraction of sp³-hybridized carbons (Fsp3) is 0.625. The van der Waals surface area contributed by atoms with Crippen LogP contribution in [-0.4, -0.2) is 28.2 Å². The number of aromatic nitrogens is 2. The van der Waals surface area contributed by atoms with Gasteiger partial charge in [-0.2, -0.15) is 0 Å². The first-order valence-corrected chi connectivity index (χ1v) is 8.57. The minimum atomic E-state index is 0.308. The van der Waals surface area contributed by atoms with Crippen molar-refractivity contribution in [3.8, 4) is 0 Å². The highest BCUT2D eigenvalue weighted by molar-refractivity contribution is 7.18. The number of thiophene rings is 1. The summed E-state index contributed by atoms with van der Waals surface area (Å²) in [6, 6.07) is 0. The van der Waals surface area contributed by atoms with Crippen molar-refractivity contribution in [3.63, 3.8) is 0 Å². The quantitative estimate of drug-likeness (QED) is 0.907. The van der Waals surface area contributed by atoms with E-state index in [9.17, 15) is 5.11 Å². The third-order valence-electron chi connectivity index (χ3n) is 4.80. The molecular weight excluding hydrogens is 282 g/mol. The van der Waals surface area contributed by atoms with Crippen molar-refractivity contribution in [2.45, 2.75) is 39.5 Å². The summed E-state index contributed by atoms with van der Waals surface area (Å²) < 4.78 is 0. The van der Waals surface area contributed by atoms with Gasteiger partial charge in [-0.3, -0.25) is 0 Å². The smallest absolute Gasteiger partial charge is 0.138 e. The van der Waals surface area contributed by atoms with Crippen LogP contribution in [0.1, 0.15) is 36.1 Å². The highest BCUT2D eigenvalue weighted by Crippen LogP contribution is 2.34. The standard InChI is InChI=1S/C16H23N3OS/c1-10-11(2)21-16-14(10)15(18-9-19-16)17-7-12-5-3-4-6-13(12)8-20/h9,12-13,20H,3-8H2,1-2H3,(H,17,18,19). The van der Waals surface area contributed by atoms with Crippen molar-refractivity contribution in [2.24, 2.45) is 11.8 Å². The van der Waals surface area contributed by atoms with Crippen molar-refractivity contribution in [1.82, 2.24) is 9.97 Å². The number of aliphatic hydroxyl groups is 1. The maximum Gasteiger partial charge on any atom is 0.138 e. The fourth-order valence-corrected chi connectivity index (χ4v) is 4.33. The largest absolute Gasteiger partial charge is 0.396 e. The van der Waals surface area contributed by atoms with Crippen LogP contribution in [0.3, 0.4) is 0 Å². The van der Waals surface area contributed by atoms with Gasteiger partial charge in [0.2, 0.25) is 0 Å². The lowest BCUT2D eigenvalue weighted by Crippen LogP contribution is -2.28. The Morgan fingerprint density at radius 1 is 1.24 bits per heavy atom. The Morgan fingerprint density at radius 2 is 2.00 bits per heavy atom. The number of anilines is 1. The molecule has 0 aliphatic heterocycles. The first kappa shape index (κ1) is 14.7. The lowest BCUT2D eigenvalue weighted by Gasteiger charge is -2.30. The molecule has 0 spiro atoms. The van der Waals surface area contributed by atoms with Crippen LogP contribution in [0.4, 0.5) is 5.82 Å². The maximum absolute atomic E-state index is 9.53. The Hall–Kier alpha value is -1.20. The second-order valence-electron chi connectivity index (χ2n) is 6.05. The molecule has 2 heterocycles. The van der Waals surface area contributed by atoms with Crippen molar-refractivity contribution in [1.29, 1.82) is 0 Å². The number of aliphatic hydroxyl groups excluding tert-OH is 1. The van der Waals surface area contributed by atoms with Crippen LogP contribution in [0, 0.1) is 25.7 Å². The summed E-state index contributed by atoms with van der Waals surface area (Å²) in [6.45, 7) is 5.47. The summed E-state index contributed by atoms with van der Waals surface area (Å²) in [7, 11) is 0. The molecule has 2 atom stereocenters. The first-order valence-electron chi connectivity index (χ1n) is 7.76. The summed E-state index contributed by atoms with van der Waals surface area (Å²) in [5.41, 5.74) is 1.28. The van der Waals surface area contributed by atoms with E-state index in [1.807, 2.05) is 0 Å². The number of hydrogen-bond acceptors (Lipinski definition) is 5. The Morgan fingerprint density at radius 3 is 2.76 bits per heavy atom. The van der Waals surface area contributed by atoms with E-state index in [4.69, 9.17) is 0 Å². The molecule has 0 radical (unpaired) electrons. The zero-order valence-electron chi connectivity index (χ0n) is 12.7. The van der Waals surface area contributed by atoms with Crippen LogP contribution in [-0.2, 0) is 0 Å². The van der Waals surface area contributed by atoms with Gasteiger partial charge in [-0.05, 0) is 44.1 Å². The Labute approximate surface area is 129 Å². The summed E-state index contributed by atoms with van der Waals surface area (Å²) in [5.74, 6) is 1.94. The first-order chi connectivity index (χ1) is 10.2. The minimum Gasteiger partial charge on any atom is -0.396 e. The Balaban J connectivity index is 1.79. The molecule has 0 aromatic carbocycles. The molecule has 1 aliphatic carbocycles. The molecule has 0 amide bonds. The van der Waals surface area contributed by atoms with E-state index in [2.05, 4.69) is 29.1 Å². The monoisotopic (exact) mass is 305 g/mol. The van der Waals surface area contributed by atoms with Crippen molar-refractivity contribution >= 4 is 27.4 Å². The van der Waals surface area contributed by atoms with Crippen LogP contribution >= 0.6 is 11.3 Å². The van der Waals surface area contributed by atoms with Gasteiger partial charge in [0, 0.05) is 18.0 Å². The SMILES string of the molecule is Cc1sc2ncnc(NCC3CCCCC3CO)c2c1C. The molecule has 21 heavy (non-hydrogen) atoms. The van der Waals surface area contributed by atoms with E-state index in [1.54, 1.807) is 17.7 Å². The van der Waals surface area contributed by atoms with Crippen LogP contribution in [0.15, 0.2) is 6.33 Å². The van der Waals surface area contributed by atoms with Gasteiger partial charge in [0.15, 0.2) is 0 Å². The van der Waals surface area contributed by atoms with Crippen LogP contribution in [0.5, 0.6) is 0 Å². The van der Waals surface area contributed by atoms with Gasteiger partial charge >= 0.3 is 0 Å². The van der Waals surface area contributed by atoms with E-state index >= 15 is 0 Å².